The lowest BCUT2D eigenvalue weighted by atomic mass is 10.1. The Balaban J connectivity index is 3.05. The molecule has 0 aliphatic rings. The van der Waals surface area contributed by atoms with Crippen molar-refractivity contribution < 1.29 is 14.6 Å². The summed E-state index contributed by atoms with van der Waals surface area (Å²) in [6.45, 7) is 3.87. The molecule has 0 bridgehead atoms. The first-order chi connectivity index (χ1) is 7.60. The topological polar surface area (TPSA) is 46.5 Å². The van der Waals surface area contributed by atoms with E-state index in [0.717, 1.165) is 11.1 Å². The Morgan fingerprint density at radius 1 is 1.56 bits per heavy atom. The molecule has 1 rings (SSSR count). The summed E-state index contributed by atoms with van der Waals surface area (Å²) in [6, 6.07) is 5.38. The van der Waals surface area contributed by atoms with Crippen LogP contribution in [0.1, 0.15) is 29.8 Å². The van der Waals surface area contributed by atoms with Gasteiger partial charge in [-0.15, -0.1) is 0 Å². The Morgan fingerprint density at radius 3 is 2.75 bits per heavy atom. The fourth-order valence-electron chi connectivity index (χ4n) is 1.38. The number of hydrogen-bond donors (Lipinski definition) is 1. The third-order valence-corrected chi connectivity index (χ3v) is 3.38. The summed E-state index contributed by atoms with van der Waals surface area (Å²) in [5.41, 5.74) is 1.57. The van der Waals surface area contributed by atoms with Crippen LogP contribution in [0.3, 0.4) is 0 Å². The molecule has 0 saturated heterocycles. The molecule has 0 radical (unpaired) electrons. The van der Waals surface area contributed by atoms with Crippen molar-refractivity contribution in [1.29, 1.82) is 0 Å². The van der Waals surface area contributed by atoms with Gasteiger partial charge < -0.3 is 9.84 Å². The number of alkyl halides is 1. The predicted octanol–water partition coefficient (Wildman–Crippen LogP) is 2.60. The lowest BCUT2D eigenvalue weighted by Gasteiger charge is -2.12. The van der Waals surface area contributed by atoms with Crippen LogP contribution >= 0.6 is 15.9 Å². The highest BCUT2D eigenvalue weighted by molar-refractivity contribution is 9.09. The van der Waals surface area contributed by atoms with Gasteiger partial charge in [0.1, 0.15) is 11.5 Å². The van der Waals surface area contributed by atoms with Gasteiger partial charge in [0.2, 0.25) is 0 Å². The van der Waals surface area contributed by atoms with Crippen molar-refractivity contribution in [2.24, 2.45) is 0 Å². The van der Waals surface area contributed by atoms with E-state index in [1.807, 2.05) is 13.0 Å². The average molecular weight is 287 g/mol. The fraction of sp³-hybridized carbons (Fsp3) is 0.417. The molecule has 0 aliphatic heterocycles. The minimum atomic E-state index is -0.320. The molecule has 88 valence electrons. The normalized spacial score (nSPS) is 12.2. The minimum Gasteiger partial charge on any atom is -0.493 e. The van der Waals surface area contributed by atoms with Gasteiger partial charge in [0.25, 0.3) is 0 Å². The van der Waals surface area contributed by atoms with Crippen molar-refractivity contribution in [1.82, 2.24) is 0 Å². The van der Waals surface area contributed by atoms with Crippen molar-refractivity contribution in [3.63, 3.8) is 0 Å². The van der Waals surface area contributed by atoms with Gasteiger partial charge in [-0.05, 0) is 25.5 Å². The van der Waals surface area contributed by atoms with Crippen molar-refractivity contribution in [3.05, 3.63) is 29.3 Å². The monoisotopic (exact) mass is 286 g/mol. The number of Topliss-reactive ketones (excluding diaryl/α,β-unsaturated/α-hetero) is 1. The molecule has 0 saturated carbocycles. The zero-order valence-corrected chi connectivity index (χ0v) is 11.0. The van der Waals surface area contributed by atoms with Crippen LogP contribution in [0.15, 0.2) is 18.2 Å². The zero-order valence-electron chi connectivity index (χ0n) is 9.37. The van der Waals surface area contributed by atoms with Crippen molar-refractivity contribution in [2.45, 2.75) is 25.3 Å². The summed E-state index contributed by atoms with van der Waals surface area (Å²) >= 11 is 3.31. The molecule has 0 heterocycles. The van der Waals surface area contributed by atoms with E-state index in [1.54, 1.807) is 12.1 Å². The van der Waals surface area contributed by atoms with Crippen LogP contribution in [-0.2, 0) is 11.4 Å². The van der Waals surface area contributed by atoms with Crippen LogP contribution in [0.4, 0.5) is 0 Å². The molecule has 1 atom stereocenters. The second kappa shape index (κ2) is 6.01. The number of aliphatic hydroxyl groups excluding tert-OH is 1. The van der Waals surface area contributed by atoms with Gasteiger partial charge >= 0.3 is 0 Å². The van der Waals surface area contributed by atoms with Crippen LogP contribution in [0.2, 0.25) is 0 Å². The number of aliphatic hydroxyl groups is 1. The number of ketones is 1. The Hall–Kier alpha value is -0.870. The lowest BCUT2D eigenvalue weighted by Crippen LogP contribution is -2.03. The number of rotatable bonds is 5. The van der Waals surface area contributed by atoms with Crippen molar-refractivity contribution >= 4 is 21.7 Å². The second-order valence-corrected chi connectivity index (χ2v) is 4.35. The van der Waals surface area contributed by atoms with E-state index in [2.05, 4.69) is 15.9 Å². The predicted molar refractivity (Wildman–Crippen MR) is 65.9 cm³/mol. The molecule has 0 amide bonds. The van der Waals surface area contributed by atoms with Gasteiger partial charge in [0, 0.05) is 5.56 Å². The van der Waals surface area contributed by atoms with Gasteiger partial charge in [0.05, 0.1) is 18.0 Å². The van der Waals surface area contributed by atoms with E-state index in [4.69, 9.17) is 9.84 Å². The number of halogens is 1. The number of benzene rings is 1. The molecule has 0 fully saturated rings. The summed E-state index contributed by atoms with van der Waals surface area (Å²) < 4.78 is 5.41. The smallest absolute Gasteiger partial charge is 0.147 e. The highest BCUT2D eigenvalue weighted by atomic mass is 79.9. The first kappa shape index (κ1) is 13.2. The van der Waals surface area contributed by atoms with E-state index in [1.165, 1.54) is 6.92 Å². The average Bonchev–Trinajstić information content (AvgIpc) is 2.28. The van der Waals surface area contributed by atoms with E-state index in [0.29, 0.717) is 12.4 Å². The third-order valence-electron chi connectivity index (χ3n) is 2.21. The summed E-state index contributed by atoms with van der Waals surface area (Å²) in [7, 11) is 0. The number of carbonyl (C=O) groups excluding carboxylic acids is 1. The van der Waals surface area contributed by atoms with Gasteiger partial charge in [-0.25, -0.2) is 0 Å². The standard InChI is InChI=1S/C12H15BrO3/c1-3-16-11-6-9(12(13)8(2)15)4-5-10(11)7-14/h4-6,12,14H,3,7H2,1-2H3. The fourth-order valence-corrected chi connectivity index (χ4v) is 1.67. The lowest BCUT2D eigenvalue weighted by molar-refractivity contribution is -0.116. The first-order valence-electron chi connectivity index (χ1n) is 5.11. The van der Waals surface area contributed by atoms with Crippen molar-refractivity contribution in [3.8, 4) is 5.75 Å². The second-order valence-electron chi connectivity index (χ2n) is 3.43. The molecule has 1 unspecified atom stereocenters. The van der Waals surface area contributed by atoms with E-state index >= 15 is 0 Å². The molecule has 1 aromatic rings. The summed E-state index contributed by atoms with van der Waals surface area (Å²) in [6.07, 6.45) is 0. The van der Waals surface area contributed by atoms with Crippen LogP contribution < -0.4 is 4.74 Å². The number of carbonyl (C=O) groups is 1. The maximum Gasteiger partial charge on any atom is 0.147 e. The van der Waals surface area contributed by atoms with Gasteiger partial charge in [-0.2, -0.15) is 0 Å². The maximum atomic E-state index is 11.2. The quantitative estimate of drug-likeness (QED) is 0.847. The van der Waals surface area contributed by atoms with E-state index in [-0.39, 0.29) is 17.2 Å². The molecule has 0 spiro atoms. The largest absolute Gasteiger partial charge is 0.493 e. The summed E-state index contributed by atoms with van der Waals surface area (Å²) in [5.74, 6) is 0.674. The zero-order chi connectivity index (χ0) is 12.1. The molecule has 16 heavy (non-hydrogen) atoms. The van der Waals surface area contributed by atoms with E-state index in [9.17, 15) is 4.79 Å². The highest BCUT2D eigenvalue weighted by Crippen LogP contribution is 2.29. The van der Waals surface area contributed by atoms with Crippen LogP contribution in [-0.4, -0.2) is 17.5 Å². The summed E-state index contributed by atoms with van der Waals surface area (Å²) in [4.78, 5) is 10.9. The Morgan fingerprint density at radius 2 is 2.25 bits per heavy atom. The van der Waals surface area contributed by atoms with Gasteiger partial charge in [-0.1, -0.05) is 28.1 Å². The molecular weight excluding hydrogens is 272 g/mol. The molecule has 3 nitrogen and oxygen atoms in total. The minimum absolute atomic E-state index is 0.0409. The molecule has 4 heteroatoms. The molecular formula is C12H15BrO3. The number of hydrogen-bond acceptors (Lipinski definition) is 3. The Kier molecular flexibility index (Phi) is 4.96. The summed E-state index contributed by atoms with van der Waals surface area (Å²) in [5, 5.41) is 9.13. The van der Waals surface area contributed by atoms with Gasteiger partial charge in [0.15, 0.2) is 0 Å². The van der Waals surface area contributed by atoms with Gasteiger partial charge in [-0.3, -0.25) is 4.79 Å². The SMILES string of the molecule is CCOc1cc(C(Br)C(C)=O)ccc1CO. The number of ether oxygens (including phenoxy) is 1. The Bertz CT molecular complexity index is 377. The highest BCUT2D eigenvalue weighted by Gasteiger charge is 2.14. The molecule has 0 aromatic heterocycles. The van der Waals surface area contributed by atoms with Crippen molar-refractivity contribution in [2.75, 3.05) is 6.61 Å². The van der Waals surface area contributed by atoms with Crippen LogP contribution in [0.25, 0.3) is 0 Å². The maximum absolute atomic E-state index is 11.2. The van der Waals surface area contributed by atoms with Crippen LogP contribution in [0, 0.1) is 0 Å². The van der Waals surface area contributed by atoms with E-state index < -0.39 is 0 Å². The first-order valence-corrected chi connectivity index (χ1v) is 6.02. The Labute approximate surface area is 104 Å². The molecule has 0 aliphatic carbocycles. The third kappa shape index (κ3) is 3.06. The molecule has 1 aromatic carbocycles. The van der Waals surface area contributed by atoms with Crippen LogP contribution in [0.5, 0.6) is 5.75 Å². The molecule has 1 N–H and O–H groups in total.